The third kappa shape index (κ3) is 21.6. The average molecular weight is 459 g/mol. The first-order chi connectivity index (χ1) is 15.9. The molecule has 0 aliphatic carbocycles. The van der Waals surface area contributed by atoms with Crippen molar-refractivity contribution in [1.82, 2.24) is 10.6 Å². The normalized spacial score (nSPS) is 21.1. The van der Waals surface area contributed by atoms with Gasteiger partial charge < -0.3 is 29.6 Å². The molecule has 1 rings (SSSR count). The van der Waals surface area contributed by atoms with Crippen LogP contribution in [0.2, 0.25) is 0 Å². The van der Waals surface area contributed by atoms with Gasteiger partial charge >= 0.3 is 0 Å². The minimum atomic E-state index is 0.207. The molecule has 1 unspecified atom stereocenters. The standard InChI is InChI=1S/C26H54N2O4/c1-2-3-4-5-6-7-8-9-10-11-12-13-14-26-25-31-21-17-27-15-19-29-23-24-30-20-16-28-18-22-32-26/h26-28H,2-25H2,1H3. The van der Waals surface area contributed by atoms with E-state index in [9.17, 15) is 0 Å². The molecule has 1 aliphatic rings. The summed E-state index contributed by atoms with van der Waals surface area (Å²) >= 11 is 0. The Morgan fingerprint density at radius 2 is 1.00 bits per heavy atom. The highest BCUT2D eigenvalue weighted by atomic mass is 16.5. The minimum absolute atomic E-state index is 0.207. The first-order valence-electron chi connectivity index (χ1n) is 13.7. The van der Waals surface area contributed by atoms with E-state index in [1.165, 1.54) is 77.0 Å². The van der Waals surface area contributed by atoms with Crippen molar-refractivity contribution >= 4 is 0 Å². The molecule has 192 valence electrons. The molecule has 0 spiro atoms. The van der Waals surface area contributed by atoms with Crippen LogP contribution < -0.4 is 10.6 Å². The molecule has 2 N–H and O–H groups in total. The van der Waals surface area contributed by atoms with Crippen molar-refractivity contribution in [3.05, 3.63) is 0 Å². The van der Waals surface area contributed by atoms with Crippen LogP contribution in [0.3, 0.4) is 0 Å². The molecule has 0 amide bonds. The molecular formula is C26H54N2O4. The Kier molecular flexibility index (Phi) is 23.6. The second kappa shape index (κ2) is 25.4. The van der Waals surface area contributed by atoms with Crippen LogP contribution >= 0.6 is 0 Å². The summed E-state index contributed by atoms with van der Waals surface area (Å²) in [5.74, 6) is 0. The molecule has 0 aromatic heterocycles. The van der Waals surface area contributed by atoms with Gasteiger partial charge in [-0.05, 0) is 6.42 Å². The van der Waals surface area contributed by atoms with E-state index >= 15 is 0 Å². The van der Waals surface area contributed by atoms with Crippen molar-refractivity contribution in [2.45, 2.75) is 96.5 Å². The summed E-state index contributed by atoms with van der Waals surface area (Å²) in [7, 11) is 0. The zero-order chi connectivity index (χ0) is 22.8. The van der Waals surface area contributed by atoms with E-state index in [-0.39, 0.29) is 6.10 Å². The van der Waals surface area contributed by atoms with Crippen molar-refractivity contribution in [1.29, 1.82) is 0 Å². The molecule has 1 fully saturated rings. The van der Waals surface area contributed by atoms with Crippen LogP contribution in [0.1, 0.15) is 90.4 Å². The molecule has 0 radical (unpaired) electrons. The van der Waals surface area contributed by atoms with Gasteiger partial charge in [0.2, 0.25) is 0 Å². The Labute approximate surface area is 198 Å². The molecule has 0 aromatic rings. The first-order valence-corrected chi connectivity index (χ1v) is 13.7. The fourth-order valence-corrected chi connectivity index (χ4v) is 3.95. The Hall–Kier alpha value is -0.240. The third-order valence-corrected chi connectivity index (χ3v) is 5.96. The maximum absolute atomic E-state index is 6.12. The van der Waals surface area contributed by atoms with Gasteiger partial charge in [0.25, 0.3) is 0 Å². The van der Waals surface area contributed by atoms with Gasteiger partial charge in [0.1, 0.15) is 0 Å². The summed E-state index contributed by atoms with van der Waals surface area (Å²) in [6, 6.07) is 0. The van der Waals surface area contributed by atoms with Crippen molar-refractivity contribution in [3.63, 3.8) is 0 Å². The van der Waals surface area contributed by atoms with Gasteiger partial charge in [-0.15, -0.1) is 0 Å². The highest BCUT2D eigenvalue weighted by Crippen LogP contribution is 2.14. The molecule has 0 bridgehead atoms. The molecule has 1 atom stereocenters. The molecule has 1 aliphatic heterocycles. The predicted octanol–water partition coefficient (Wildman–Crippen LogP) is 4.71. The lowest BCUT2D eigenvalue weighted by atomic mass is 10.0. The number of nitrogens with one attached hydrogen (secondary N) is 2. The Balaban J connectivity index is 2.06. The van der Waals surface area contributed by atoms with Crippen molar-refractivity contribution < 1.29 is 18.9 Å². The fraction of sp³-hybridized carbons (Fsp3) is 1.00. The van der Waals surface area contributed by atoms with Crippen molar-refractivity contribution in [2.24, 2.45) is 0 Å². The van der Waals surface area contributed by atoms with E-state index in [2.05, 4.69) is 17.6 Å². The summed E-state index contributed by atoms with van der Waals surface area (Å²) in [5.41, 5.74) is 0. The van der Waals surface area contributed by atoms with E-state index in [4.69, 9.17) is 18.9 Å². The molecule has 1 heterocycles. The lowest BCUT2D eigenvalue weighted by Gasteiger charge is -2.19. The summed E-state index contributed by atoms with van der Waals surface area (Å²) in [4.78, 5) is 0. The number of ether oxygens (including phenoxy) is 4. The zero-order valence-corrected chi connectivity index (χ0v) is 21.2. The lowest BCUT2D eigenvalue weighted by Crippen LogP contribution is -2.30. The molecule has 32 heavy (non-hydrogen) atoms. The van der Waals surface area contributed by atoms with Crippen LogP contribution in [0.4, 0.5) is 0 Å². The Morgan fingerprint density at radius 1 is 0.531 bits per heavy atom. The molecule has 1 saturated heterocycles. The molecular weight excluding hydrogens is 404 g/mol. The first kappa shape index (κ1) is 29.8. The maximum Gasteiger partial charge on any atom is 0.0809 e. The van der Waals surface area contributed by atoms with Gasteiger partial charge in [0.15, 0.2) is 0 Å². The van der Waals surface area contributed by atoms with Crippen molar-refractivity contribution in [2.75, 3.05) is 72.4 Å². The number of hydrogen-bond acceptors (Lipinski definition) is 6. The minimum Gasteiger partial charge on any atom is -0.378 e. The highest BCUT2D eigenvalue weighted by Gasteiger charge is 2.09. The SMILES string of the molecule is CCCCCCCCCCCCCCC1COCCNCCOCCOCCNCCO1. The summed E-state index contributed by atoms with van der Waals surface area (Å²) in [5, 5.41) is 6.74. The lowest BCUT2D eigenvalue weighted by molar-refractivity contribution is -0.0206. The zero-order valence-electron chi connectivity index (χ0n) is 21.2. The van der Waals surface area contributed by atoms with Gasteiger partial charge in [-0.2, -0.15) is 0 Å². The van der Waals surface area contributed by atoms with Crippen LogP contribution in [0, 0.1) is 0 Å². The van der Waals surface area contributed by atoms with E-state index in [0.29, 0.717) is 33.0 Å². The number of rotatable bonds is 13. The third-order valence-electron chi connectivity index (χ3n) is 5.96. The van der Waals surface area contributed by atoms with Crippen LogP contribution in [0.15, 0.2) is 0 Å². The van der Waals surface area contributed by atoms with Gasteiger partial charge in [-0.3, -0.25) is 0 Å². The van der Waals surface area contributed by atoms with Crippen LogP contribution in [0.25, 0.3) is 0 Å². The maximum atomic E-state index is 6.12. The summed E-state index contributed by atoms with van der Waals surface area (Å²) in [6.07, 6.45) is 17.9. The fourth-order valence-electron chi connectivity index (χ4n) is 3.95. The van der Waals surface area contributed by atoms with Gasteiger partial charge in [0, 0.05) is 26.2 Å². The van der Waals surface area contributed by atoms with Gasteiger partial charge in [0.05, 0.1) is 52.4 Å². The summed E-state index contributed by atoms with van der Waals surface area (Å²) < 4.78 is 23.1. The van der Waals surface area contributed by atoms with E-state index in [0.717, 1.165) is 45.8 Å². The highest BCUT2D eigenvalue weighted by molar-refractivity contribution is 4.60. The number of hydrogen-bond donors (Lipinski definition) is 2. The quantitative estimate of drug-likeness (QED) is 0.390. The molecule has 0 aromatic carbocycles. The van der Waals surface area contributed by atoms with Crippen LogP contribution in [-0.2, 0) is 18.9 Å². The number of unbranched alkanes of at least 4 members (excludes halogenated alkanes) is 11. The molecule has 6 nitrogen and oxygen atoms in total. The van der Waals surface area contributed by atoms with Crippen molar-refractivity contribution in [3.8, 4) is 0 Å². The largest absolute Gasteiger partial charge is 0.378 e. The van der Waals surface area contributed by atoms with E-state index < -0.39 is 0 Å². The second-order valence-corrected chi connectivity index (χ2v) is 8.97. The Morgan fingerprint density at radius 3 is 1.56 bits per heavy atom. The topological polar surface area (TPSA) is 61.0 Å². The summed E-state index contributed by atoms with van der Waals surface area (Å²) in [6.45, 7) is 10.6. The molecule has 6 heteroatoms. The van der Waals surface area contributed by atoms with Gasteiger partial charge in [-0.1, -0.05) is 84.0 Å². The smallest absolute Gasteiger partial charge is 0.0809 e. The second-order valence-electron chi connectivity index (χ2n) is 8.97. The Bertz CT molecular complexity index is 343. The van der Waals surface area contributed by atoms with E-state index in [1.807, 2.05) is 0 Å². The monoisotopic (exact) mass is 458 g/mol. The predicted molar refractivity (Wildman–Crippen MR) is 134 cm³/mol. The van der Waals surface area contributed by atoms with Crippen LogP contribution in [0.5, 0.6) is 0 Å². The van der Waals surface area contributed by atoms with Gasteiger partial charge in [-0.25, -0.2) is 0 Å². The molecule has 0 saturated carbocycles. The van der Waals surface area contributed by atoms with E-state index in [1.54, 1.807) is 0 Å². The van der Waals surface area contributed by atoms with Crippen LogP contribution in [-0.4, -0.2) is 78.5 Å². The average Bonchev–Trinajstić information content (AvgIpc) is 2.80.